The highest BCUT2D eigenvalue weighted by atomic mass is 32.1. The van der Waals surface area contributed by atoms with E-state index in [0.29, 0.717) is 6.54 Å². The molecule has 2 heterocycles. The maximum absolute atomic E-state index is 12.9. The van der Waals surface area contributed by atoms with Crippen LogP contribution in [-0.2, 0) is 11.2 Å². The maximum atomic E-state index is 12.9. The third-order valence-corrected chi connectivity index (χ3v) is 5.85. The predicted octanol–water partition coefficient (Wildman–Crippen LogP) is 2.89. The Hall–Kier alpha value is -1.65. The van der Waals surface area contributed by atoms with Crippen molar-refractivity contribution in [1.82, 2.24) is 4.90 Å². The van der Waals surface area contributed by atoms with Gasteiger partial charge in [-0.15, -0.1) is 11.3 Å². The topological polar surface area (TPSA) is 36.9 Å². The Balaban J connectivity index is 1.85. The number of quaternary nitrogens is 1. The van der Waals surface area contributed by atoms with Crippen molar-refractivity contribution in [1.29, 1.82) is 0 Å². The van der Waals surface area contributed by atoms with Gasteiger partial charge in [0.05, 0.1) is 12.6 Å². The van der Waals surface area contributed by atoms with E-state index in [-0.39, 0.29) is 11.9 Å². The van der Waals surface area contributed by atoms with Crippen molar-refractivity contribution in [2.24, 2.45) is 0 Å². The number of hydrogen-bond acceptors (Lipinski definition) is 2. The highest BCUT2D eigenvalue weighted by molar-refractivity contribution is 7.10. The van der Waals surface area contributed by atoms with Gasteiger partial charge in [-0.3, -0.25) is 4.79 Å². The van der Waals surface area contributed by atoms with Crippen LogP contribution < -0.4 is 5.32 Å². The summed E-state index contributed by atoms with van der Waals surface area (Å²) < 4.78 is 0. The average Bonchev–Trinajstić information content (AvgIpc) is 3.07. The number of carbonyl (C=O) groups is 1. The van der Waals surface area contributed by atoms with Gasteiger partial charge in [0.2, 0.25) is 0 Å². The monoisotopic (exact) mass is 343 g/mol. The van der Waals surface area contributed by atoms with Gasteiger partial charge in [0, 0.05) is 11.4 Å². The number of hydrogen-bond donors (Lipinski definition) is 1. The summed E-state index contributed by atoms with van der Waals surface area (Å²) in [7, 11) is 0. The molecule has 24 heavy (non-hydrogen) atoms. The number of benzene rings is 1. The second kappa shape index (κ2) is 7.95. The number of nitrogens with zero attached hydrogens (tertiary/aromatic N) is 1. The number of thiophene rings is 1. The van der Waals surface area contributed by atoms with Gasteiger partial charge in [0.15, 0.2) is 6.54 Å². The second-order valence-corrected chi connectivity index (χ2v) is 7.53. The SMILES string of the molecule is CCCC[NH2+]CC(=O)N1CCc2sccc2[C@@H]1c1ccccc1C. The zero-order valence-electron chi connectivity index (χ0n) is 14.6. The smallest absolute Gasteiger partial charge is 0.278 e. The summed E-state index contributed by atoms with van der Waals surface area (Å²) in [6.07, 6.45) is 3.33. The third-order valence-electron chi connectivity index (χ3n) is 4.85. The Labute approximate surface area is 148 Å². The number of amides is 1. The number of aryl methyl sites for hydroxylation is 1. The van der Waals surface area contributed by atoms with Gasteiger partial charge in [-0.05, 0) is 47.9 Å². The largest absolute Gasteiger partial charge is 0.338 e. The minimum Gasteiger partial charge on any atom is -0.338 e. The van der Waals surface area contributed by atoms with Crippen LogP contribution in [0.15, 0.2) is 35.7 Å². The summed E-state index contributed by atoms with van der Waals surface area (Å²) >= 11 is 1.82. The van der Waals surface area contributed by atoms with E-state index in [4.69, 9.17) is 0 Å². The Kier molecular flexibility index (Phi) is 5.69. The molecule has 3 rings (SSSR count). The van der Waals surface area contributed by atoms with Gasteiger partial charge >= 0.3 is 0 Å². The lowest BCUT2D eigenvalue weighted by Crippen LogP contribution is -2.86. The van der Waals surface area contributed by atoms with Gasteiger partial charge in [0.25, 0.3) is 5.91 Å². The van der Waals surface area contributed by atoms with Gasteiger partial charge in [-0.2, -0.15) is 0 Å². The van der Waals surface area contributed by atoms with Crippen molar-refractivity contribution in [3.8, 4) is 0 Å². The Morgan fingerprint density at radius 2 is 2.12 bits per heavy atom. The molecule has 128 valence electrons. The summed E-state index contributed by atoms with van der Waals surface area (Å²) in [6.45, 7) is 6.75. The Morgan fingerprint density at radius 3 is 2.92 bits per heavy atom. The predicted molar refractivity (Wildman–Crippen MR) is 99.3 cm³/mol. The van der Waals surface area contributed by atoms with E-state index in [9.17, 15) is 4.79 Å². The molecule has 1 amide bonds. The zero-order valence-corrected chi connectivity index (χ0v) is 15.4. The summed E-state index contributed by atoms with van der Waals surface area (Å²) in [6, 6.07) is 10.8. The van der Waals surface area contributed by atoms with Crippen LogP contribution in [0.1, 0.15) is 47.4 Å². The molecular formula is C20H27N2OS+. The van der Waals surface area contributed by atoms with Crippen LogP contribution in [0, 0.1) is 6.92 Å². The molecule has 0 radical (unpaired) electrons. The molecule has 0 bridgehead atoms. The van der Waals surface area contributed by atoms with E-state index in [1.807, 2.05) is 11.3 Å². The van der Waals surface area contributed by atoms with Crippen LogP contribution >= 0.6 is 11.3 Å². The van der Waals surface area contributed by atoms with Crippen LogP contribution in [0.2, 0.25) is 0 Å². The van der Waals surface area contributed by atoms with Crippen molar-refractivity contribution < 1.29 is 10.1 Å². The quantitative estimate of drug-likeness (QED) is 0.805. The van der Waals surface area contributed by atoms with Gasteiger partial charge in [-0.25, -0.2) is 0 Å². The van der Waals surface area contributed by atoms with Crippen LogP contribution in [0.25, 0.3) is 0 Å². The summed E-state index contributed by atoms with van der Waals surface area (Å²) in [4.78, 5) is 16.4. The maximum Gasteiger partial charge on any atom is 0.278 e. The summed E-state index contributed by atoms with van der Waals surface area (Å²) in [5, 5.41) is 4.32. The first-order valence-corrected chi connectivity index (χ1v) is 9.83. The van der Waals surface area contributed by atoms with E-state index in [2.05, 4.69) is 59.8 Å². The molecule has 3 nitrogen and oxygen atoms in total. The molecule has 1 aromatic heterocycles. The number of carbonyl (C=O) groups excluding carboxylic acids is 1. The first-order valence-electron chi connectivity index (χ1n) is 8.95. The number of rotatable bonds is 6. The Bertz CT molecular complexity index is 694. The van der Waals surface area contributed by atoms with Crippen molar-refractivity contribution >= 4 is 17.2 Å². The summed E-state index contributed by atoms with van der Waals surface area (Å²) in [5.74, 6) is 0.260. The van der Waals surface area contributed by atoms with Crippen molar-refractivity contribution in [3.05, 3.63) is 57.3 Å². The lowest BCUT2D eigenvalue weighted by Gasteiger charge is -2.36. The summed E-state index contributed by atoms with van der Waals surface area (Å²) in [5.41, 5.74) is 3.84. The molecule has 0 unspecified atom stereocenters. The van der Waals surface area contributed by atoms with Crippen LogP contribution in [0.5, 0.6) is 0 Å². The molecule has 1 atom stereocenters. The highest BCUT2D eigenvalue weighted by Gasteiger charge is 2.33. The fourth-order valence-electron chi connectivity index (χ4n) is 3.51. The van der Waals surface area contributed by atoms with Crippen molar-refractivity contribution in [3.63, 3.8) is 0 Å². The zero-order chi connectivity index (χ0) is 16.9. The van der Waals surface area contributed by atoms with E-state index >= 15 is 0 Å². The van der Waals surface area contributed by atoms with E-state index in [0.717, 1.165) is 19.5 Å². The van der Waals surface area contributed by atoms with Gasteiger partial charge < -0.3 is 10.2 Å². The molecule has 0 saturated carbocycles. The minimum atomic E-state index is 0.0771. The number of unbranched alkanes of at least 4 members (excludes halogenated alkanes) is 1. The fourth-order valence-corrected chi connectivity index (χ4v) is 4.41. The Morgan fingerprint density at radius 1 is 1.29 bits per heavy atom. The fraction of sp³-hybridized carbons (Fsp3) is 0.450. The first kappa shape index (κ1) is 17.2. The number of fused-ring (bicyclic) bond motifs is 1. The van der Waals surface area contributed by atoms with Crippen LogP contribution in [-0.4, -0.2) is 30.4 Å². The van der Waals surface area contributed by atoms with Gasteiger partial charge in [0.1, 0.15) is 0 Å². The van der Waals surface area contributed by atoms with Crippen LogP contribution in [0.3, 0.4) is 0 Å². The van der Waals surface area contributed by atoms with Crippen molar-refractivity contribution in [2.75, 3.05) is 19.6 Å². The molecule has 0 spiro atoms. The molecule has 1 aliphatic rings. The first-order chi connectivity index (χ1) is 11.7. The van der Waals surface area contributed by atoms with E-state index in [1.165, 1.54) is 34.4 Å². The van der Waals surface area contributed by atoms with Crippen molar-refractivity contribution in [2.45, 2.75) is 39.2 Å². The second-order valence-electron chi connectivity index (χ2n) is 6.53. The molecule has 2 aromatic rings. The highest BCUT2D eigenvalue weighted by Crippen LogP contribution is 2.38. The van der Waals surface area contributed by atoms with E-state index in [1.54, 1.807) is 0 Å². The lowest BCUT2D eigenvalue weighted by atomic mass is 9.90. The molecule has 1 aromatic carbocycles. The molecule has 1 aliphatic heterocycles. The molecule has 0 aliphatic carbocycles. The average molecular weight is 344 g/mol. The lowest BCUT2D eigenvalue weighted by molar-refractivity contribution is -0.644. The standard InChI is InChI=1S/C20H26N2OS/c1-3-4-11-21-14-19(23)22-12-9-18-17(10-13-24-18)20(22)16-8-6-5-7-15(16)2/h5-8,10,13,20-21H,3-4,9,11-12,14H2,1-2H3/p+1/t20-/m0/s1. The van der Waals surface area contributed by atoms with Gasteiger partial charge in [-0.1, -0.05) is 37.6 Å². The molecule has 0 saturated heterocycles. The molecular weight excluding hydrogens is 316 g/mol. The molecule has 4 heteroatoms. The van der Waals surface area contributed by atoms with E-state index < -0.39 is 0 Å². The number of nitrogens with two attached hydrogens (primary N) is 1. The normalized spacial score (nSPS) is 16.9. The minimum absolute atomic E-state index is 0.0771. The van der Waals surface area contributed by atoms with Crippen LogP contribution in [0.4, 0.5) is 0 Å². The molecule has 0 fully saturated rings. The third kappa shape index (κ3) is 3.55. The molecule has 2 N–H and O–H groups in total.